The highest BCUT2D eigenvalue weighted by molar-refractivity contribution is 6.46. The minimum Gasteiger partial charge on any atom is -0.507 e. The largest absolute Gasteiger partial charge is 0.507 e. The molecule has 9 heteroatoms. The summed E-state index contributed by atoms with van der Waals surface area (Å²) in [7, 11) is 8.38. The maximum Gasteiger partial charge on any atom is 0.295 e. The molecule has 2 aromatic rings. The number of aliphatic hydroxyl groups is 1. The van der Waals surface area contributed by atoms with Crippen LogP contribution in [0.25, 0.3) is 5.76 Å². The highest BCUT2D eigenvalue weighted by atomic mass is 35.5. The van der Waals surface area contributed by atoms with E-state index in [-0.39, 0.29) is 16.4 Å². The standard InChI is InChI=1S/C25H29ClN2O6/c1-27(2)11-6-12-28-22(17-14-16(32-3)8-10-19(17)33-4)21(24(30)25(28)31)23(29)15-7-9-20(34-5)18(26)13-15/h7-10,13-14,22,29H,6,11-12H2,1-5H3/b23-21+/t22-/m1/s1. The Morgan fingerprint density at radius 3 is 2.29 bits per heavy atom. The molecule has 0 radical (unpaired) electrons. The van der Waals surface area contributed by atoms with E-state index in [2.05, 4.69) is 0 Å². The third kappa shape index (κ3) is 4.98. The zero-order valence-electron chi connectivity index (χ0n) is 19.9. The van der Waals surface area contributed by atoms with Crippen LogP contribution in [0.5, 0.6) is 17.2 Å². The summed E-state index contributed by atoms with van der Waals surface area (Å²) >= 11 is 6.25. The van der Waals surface area contributed by atoms with Gasteiger partial charge in [-0.05, 0) is 63.5 Å². The predicted molar refractivity (Wildman–Crippen MR) is 130 cm³/mol. The van der Waals surface area contributed by atoms with Gasteiger partial charge in [-0.25, -0.2) is 0 Å². The molecule has 1 heterocycles. The van der Waals surface area contributed by atoms with Crippen LogP contribution in [0.15, 0.2) is 42.0 Å². The second kappa shape index (κ2) is 10.8. The number of benzene rings is 2. The topological polar surface area (TPSA) is 88.5 Å². The lowest BCUT2D eigenvalue weighted by atomic mass is 9.94. The Kier molecular flexibility index (Phi) is 8.06. The average Bonchev–Trinajstić information content (AvgIpc) is 3.07. The number of likely N-dealkylation sites (tertiary alicyclic amines) is 1. The van der Waals surface area contributed by atoms with Crippen molar-refractivity contribution >= 4 is 29.1 Å². The molecule has 0 saturated carbocycles. The van der Waals surface area contributed by atoms with E-state index in [4.69, 9.17) is 25.8 Å². The lowest BCUT2D eigenvalue weighted by molar-refractivity contribution is -0.140. The third-order valence-corrected chi connectivity index (χ3v) is 6.00. The Balaban J connectivity index is 2.20. The summed E-state index contributed by atoms with van der Waals surface area (Å²) < 4.78 is 16.1. The van der Waals surface area contributed by atoms with Crippen LogP contribution in [-0.2, 0) is 9.59 Å². The summed E-state index contributed by atoms with van der Waals surface area (Å²) in [4.78, 5) is 29.8. The van der Waals surface area contributed by atoms with E-state index in [9.17, 15) is 14.7 Å². The number of rotatable bonds is 9. The number of halogens is 1. The predicted octanol–water partition coefficient (Wildman–Crippen LogP) is 3.74. The normalized spacial score (nSPS) is 17.4. The van der Waals surface area contributed by atoms with Crippen molar-refractivity contribution in [3.05, 3.63) is 58.1 Å². The van der Waals surface area contributed by atoms with E-state index >= 15 is 0 Å². The summed E-state index contributed by atoms with van der Waals surface area (Å²) in [6.45, 7) is 1.03. The Morgan fingerprint density at radius 2 is 1.71 bits per heavy atom. The number of ketones is 1. The molecule has 1 aliphatic rings. The molecule has 0 spiro atoms. The zero-order chi connectivity index (χ0) is 25.0. The van der Waals surface area contributed by atoms with Gasteiger partial charge in [-0.1, -0.05) is 11.6 Å². The van der Waals surface area contributed by atoms with Crippen LogP contribution in [0, 0.1) is 0 Å². The lowest BCUT2D eigenvalue weighted by Crippen LogP contribution is -2.32. The molecule has 0 bridgehead atoms. The van der Waals surface area contributed by atoms with Crippen molar-refractivity contribution in [1.82, 2.24) is 9.80 Å². The average molecular weight is 489 g/mol. The second-order valence-electron chi connectivity index (χ2n) is 8.11. The summed E-state index contributed by atoms with van der Waals surface area (Å²) in [5.41, 5.74) is 0.790. The van der Waals surface area contributed by atoms with E-state index in [0.29, 0.717) is 41.3 Å². The molecule has 34 heavy (non-hydrogen) atoms. The van der Waals surface area contributed by atoms with Gasteiger partial charge in [-0.15, -0.1) is 0 Å². The number of methoxy groups -OCH3 is 3. The second-order valence-corrected chi connectivity index (χ2v) is 8.51. The number of ether oxygens (including phenoxy) is 3. The number of carbonyl (C=O) groups excluding carboxylic acids is 2. The molecule has 1 N–H and O–H groups in total. The number of aliphatic hydroxyl groups excluding tert-OH is 1. The Bertz CT molecular complexity index is 1110. The lowest BCUT2D eigenvalue weighted by Gasteiger charge is -2.27. The van der Waals surface area contributed by atoms with Crippen LogP contribution in [0.3, 0.4) is 0 Å². The number of hydrogen-bond donors (Lipinski definition) is 1. The van der Waals surface area contributed by atoms with Gasteiger partial charge in [-0.2, -0.15) is 0 Å². The maximum atomic E-state index is 13.2. The van der Waals surface area contributed by atoms with Crippen LogP contribution in [0.2, 0.25) is 5.02 Å². The Labute approximate surface area is 204 Å². The van der Waals surface area contributed by atoms with Gasteiger partial charge in [0.2, 0.25) is 0 Å². The number of carbonyl (C=O) groups is 2. The van der Waals surface area contributed by atoms with Crippen LogP contribution in [0.4, 0.5) is 0 Å². The summed E-state index contributed by atoms with van der Waals surface area (Å²) in [6, 6.07) is 8.94. The van der Waals surface area contributed by atoms with Gasteiger partial charge in [0.25, 0.3) is 11.7 Å². The minimum absolute atomic E-state index is 0.0392. The number of hydrogen-bond acceptors (Lipinski definition) is 7. The third-order valence-electron chi connectivity index (χ3n) is 5.70. The van der Waals surface area contributed by atoms with Gasteiger partial charge in [0.1, 0.15) is 23.0 Å². The number of nitrogens with zero attached hydrogens (tertiary/aromatic N) is 2. The summed E-state index contributed by atoms with van der Waals surface area (Å²) in [5.74, 6) is -0.369. The zero-order valence-corrected chi connectivity index (χ0v) is 20.7. The van der Waals surface area contributed by atoms with Crippen LogP contribution in [-0.4, -0.2) is 75.1 Å². The smallest absolute Gasteiger partial charge is 0.295 e. The first-order valence-corrected chi connectivity index (χ1v) is 11.1. The molecule has 1 saturated heterocycles. The Morgan fingerprint density at radius 1 is 1.03 bits per heavy atom. The molecule has 0 aromatic heterocycles. The molecule has 1 atom stereocenters. The van der Waals surface area contributed by atoms with Crippen molar-refractivity contribution in [2.24, 2.45) is 0 Å². The maximum absolute atomic E-state index is 13.2. The van der Waals surface area contributed by atoms with Gasteiger partial charge in [0.15, 0.2) is 0 Å². The molecule has 1 fully saturated rings. The highest BCUT2D eigenvalue weighted by Gasteiger charge is 2.47. The summed E-state index contributed by atoms with van der Waals surface area (Å²) in [5, 5.41) is 11.5. The van der Waals surface area contributed by atoms with Crippen LogP contribution in [0.1, 0.15) is 23.6 Å². The molecule has 3 rings (SSSR count). The van der Waals surface area contributed by atoms with Gasteiger partial charge < -0.3 is 29.1 Å². The van der Waals surface area contributed by atoms with E-state index in [1.54, 1.807) is 30.3 Å². The van der Waals surface area contributed by atoms with E-state index in [0.717, 1.165) is 6.54 Å². The van der Waals surface area contributed by atoms with E-state index < -0.39 is 17.7 Å². The molecule has 0 aliphatic carbocycles. The highest BCUT2D eigenvalue weighted by Crippen LogP contribution is 2.44. The van der Waals surface area contributed by atoms with Crippen molar-refractivity contribution < 1.29 is 28.9 Å². The first kappa shape index (κ1) is 25.4. The summed E-state index contributed by atoms with van der Waals surface area (Å²) in [6.07, 6.45) is 0.636. The monoisotopic (exact) mass is 488 g/mol. The van der Waals surface area contributed by atoms with E-state index in [1.807, 2.05) is 19.0 Å². The molecular weight excluding hydrogens is 460 g/mol. The molecule has 8 nitrogen and oxygen atoms in total. The van der Waals surface area contributed by atoms with Gasteiger partial charge >= 0.3 is 0 Å². The minimum atomic E-state index is -0.868. The van der Waals surface area contributed by atoms with Crippen molar-refractivity contribution in [3.63, 3.8) is 0 Å². The SMILES string of the molecule is COc1ccc(OC)c([C@@H]2/C(=C(\O)c3ccc(OC)c(Cl)c3)C(=O)C(=O)N2CCCN(C)C)c1. The molecule has 0 unspecified atom stereocenters. The molecule has 1 amide bonds. The van der Waals surface area contributed by atoms with E-state index in [1.165, 1.54) is 32.3 Å². The molecule has 2 aromatic carbocycles. The van der Waals surface area contributed by atoms with Gasteiger partial charge in [-0.3, -0.25) is 9.59 Å². The number of Topliss-reactive ketones (excluding diaryl/α,β-unsaturated/α-hetero) is 1. The molecule has 1 aliphatic heterocycles. The van der Waals surface area contributed by atoms with Crippen molar-refractivity contribution in [1.29, 1.82) is 0 Å². The quantitative estimate of drug-likeness (QED) is 0.327. The fourth-order valence-corrected chi connectivity index (χ4v) is 4.27. The van der Waals surface area contributed by atoms with Crippen LogP contribution < -0.4 is 14.2 Å². The van der Waals surface area contributed by atoms with Crippen LogP contribution >= 0.6 is 11.6 Å². The molecule has 182 valence electrons. The van der Waals surface area contributed by atoms with Gasteiger partial charge in [0.05, 0.1) is 38.0 Å². The fraction of sp³-hybridized carbons (Fsp3) is 0.360. The van der Waals surface area contributed by atoms with Crippen molar-refractivity contribution in [2.45, 2.75) is 12.5 Å². The Hall–Kier alpha value is -3.23. The van der Waals surface area contributed by atoms with Crippen molar-refractivity contribution in [3.8, 4) is 17.2 Å². The van der Waals surface area contributed by atoms with Crippen molar-refractivity contribution in [2.75, 3.05) is 48.5 Å². The first-order chi connectivity index (χ1) is 16.2. The number of amides is 1. The first-order valence-electron chi connectivity index (χ1n) is 10.7. The molecular formula is C25H29ClN2O6. The van der Waals surface area contributed by atoms with Gasteiger partial charge in [0, 0.05) is 17.7 Å². The fourth-order valence-electron chi connectivity index (χ4n) is 4.01.